The van der Waals surface area contributed by atoms with E-state index in [-0.39, 0.29) is 23.9 Å². The average Bonchev–Trinajstić information content (AvgIpc) is 3.54. The van der Waals surface area contributed by atoms with Gasteiger partial charge in [-0.15, -0.1) is 0 Å². The number of carbonyl (C=O) groups is 2. The molecule has 6 rings (SSSR count). The number of aromatic nitrogens is 1. The van der Waals surface area contributed by atoms with Gasteiger partial charge >= 0.3 is 0 Å². The molecule has 0 unspecified atom stereocenters. The maximum atomic E-state index is 14.1. The van der Waals surface area contributed by atoms with E-state index in [0.717, 1.165) is 69.1 Å². The third-order valence-corrected chi connectivity index (χ3v) is 8.60. The third kappa shape index (κ3) is 4.11. The molecule has 2 aromatic carbocycles. The molecule has 2 aliphatic heterocycles. The van der Waals surface area contributed by atoms with Crippen molar-refractivity contribution >= 4 is 22.7 Å². The van der Waals surface area contributed by atoms with E-state index in [1.54, 1.807) is 0 Å². The molecule has 3 heterocycles. The lowest BCUT2D eigenvalue weighted by Gasteiger charge is -2.50. The van der Waals surface area contributed by atoms with Crippen LogP contribution in [0.4, 0.5) is 0 Å². The average molecular weight is 485 g/mol. The summed E-state index contributed by atoms with van der Waals surface area (Å²) in [5.74, 6) is -0.0130. The molecule has 188 valence electrons. The number of likely N-dealkylation sites (tertiary alicyclic amines) is 1. The fraction of sp³-hybridized carbons (Fsp3) is 0.467. The highest BCUT2D eigenvalue weighted by molar-refractivity contribution is 6.03. The predicted molar refractivity (Wildman–Crippen MR) is 142 cm³/mol. The van der Waals surface area contributed by atoms with E-state index in [9.17, 15) is 9.59 Å². The fourth-order valence-corrected chi connectivity index (χ4v) is 6.63. The molecule has 3 aliphatic rings. The van der Waals surface area contributed by atoms with Crippen molar-refractivity contribution in [3.05, 3.63) is 71.9 Å². The number of fused-ring (bicyclic) bond motifs is 3. The van der Waals surface area contributed by atoms with E-state index in [4.69, 9.17) is 0 Å². The second kappa shape index (κ2) is 9.40. The van der Waals surface area contributed by atoms with Gasteiger partial charge in [-0.25, -0.2) is 0 Å². The van der Waals surface area contributed by atoms with E-state index in [1.165, 1.54) is 5.56 Å². The van der Waals surface area contributed by atoms with Crippen LogP contribution in [0, 0.1) is 0 Å². The predicted octanol–water partition coefficient (Wildman–Crippen LogP) is 4.58. The monoisotopic (exact) mass is 484 g/mol. The van der Waals surface area contributed by atoms with Crippen LogP contribution < -0.4 is 5.32 Å². The Morgan fingerprint density at radius 1 is 0.972 bits per heavy atom. The number of nitrogens with zero attached hydrogens (tertiary/aromatic N) is 3. The van der Waals surface area contributed by atoms with Gasteiger partial charge in [0.1, 0.15) is 11.2 Å². The number of carbonyl (C=O) groups excluding carboxylic acids is 2. The molecule has 0 bridgehead atoms. The van der Waals surface area contributed by atoms with Crippen LogP contribution in [0.1, 0.15) is 61.5 Å². The van der Waals surface area contributed by atoms with Crippen molar-refractivity contribution in [2.24, 2.45) is 0 Å². The largest absolute Gasteiger partial charge is 0.351 e. The number of hydrogen-bond donors (Lipinski definition) is 1. The first-order chi connectivity index (χ1) is 17.5. The van der Waals surface area contributed by atoms with Gasteiger partial charge in [-0.3, -0.25) is 14.5 Å². The van der Waals surface area contributed by atoms with Gasteiger partial charge in [0.05, 0.1) is 6.54 Å². The maximum Gasteiger partial charge on any atom is 0.271 e. The highest BCUT2D eigenvalue weighted by Crippen LogP contribution is 2.36. The lowest BCUT2D eigenvalue weighted by molar-refractivity contribution is -0.135. The van der Waals surface area contributed by atoms with Crippen LogP contribution in [0.5, 0.6) is 0 Å². The molecule has 36 heavy (non-hydrogen) atoms. The molecule has 2 fully saturated rings. The summed E-state index contributed by atoms with van der Waals surface area (Å²) in [7, 11) is 0. The number of rotatable bonds is 5. The van der Waals surface area contributed by atoms with Gasteiger partial charge in [-0.1, -0.05) is 61.4 Å². The summed E-state index contributed by atoms with van der Waals surface area (Å²) < 4.78 is 2.08. The lowest BCUT2D eigenvalue weighted by atomic mass is 9.89. The lowest BCUT2D eigenvalue weighted by Crippen LogP contribution is -2.68. The molecule has 0 radical (unpaired) electrons. The number of amides is 2. The van der Waals surface area contributed by atoms with Crippen molar-refractivity contribution in [3.63, 3.8) is 0 Å². The van der Waals surface area contributed by atoms with Crippen LogP contribution in [0.3, 0.4) is 0 Å². The first kappa shape index (κ1) is 23.3. The maximum absolute atomic E-state index is 14.1. The van der Waals surface area contributed by atoms with E-state index < -0.39 is 5.54 Å². The normalized spacial score (nSPS) is 23.8. The summed E-state index contributed by atoms with van der Waals surface area (Å²) in [6.07, 6.45) is 6.15. The minimum absolute atomic E-state index is 0.00195. The summed E-state index contributed by atoms with van der Waals surface area (Å²) in [5, 5.41) is 4.39. The quantitative estimate of drug-likeness (QED) is 0.577. The molecule has 0 spiro atoms. The zero-order valence-corrected chi connectivity index (χ0v) is 21.2. The van der Waals surface area contributed by atoms with Gasteiger partial charge in [-0.2, -0.15) is 0 Å². The van der Waals surface area contributed by atoms with Crippen LogP contribution in [-0.2, 0) is 17.9 Å². The van der Waals surface area contributed by atoms with Gasteiger partial charge in [0.15, 0.2) is 0 Å². The van der Waals surface area contributed by atoms with E-state index in [2.05, 4.69) is 57.2 Å². The molecule has 2 amide bonds. The molecule has 6 nitrogen and oxygen atoms in total. The second-order valence-corrected chi connectivity index (χ2v) is 11.1. The van der Waals surface area contributed by atoms with E-state index in [0.29, 0.717) is 12.2 Å². The first-order valence-corrected chi connectivity index (χ1v) is 13.5. The smallest absolute Gasteiger partial charge is 0.271 e. The van der Waals surface area contributed by atoms with Crippen molar-refractivity contribution in [2.45, 2.75) is 76.2 Å². The van der Waals surface area contributed by atoms with Gasteiger partial charge < -0.3 is 14.8 Å². The molecule has 1 saturated heterocycles. The molecule has 6 heteroatoms. The summed E-state index contributed by atoms with van der Waals surface area (Å²) in [5.41, 5.74) is 2.13. The van der Waals surface area contributed by atoms with Crippen molar-refractivity contribution < 1.29 is 9.59 Å². The van der Waals surface area contributed by atoms with Crippen molar-refractivity contribution in [1.29, 1.82) is 0 Å². The number of nitrogens with one attached hydrogen (secondary N) is 1. The molecular formula is C30H36N4O2. The summed E-state index contributed by atoms with van der Waals surface area (Å²) in [6.45, 7) is 5.25. The van der Waals surface area contributed by atoms with Crippen LogP contribution >= 0.6 is 0 Å². The van der Waals surface area contributed by atoms with E-state index in [1.807, 2.05) is 30.0 Å². The van der Waals surface area contributed by atoms with E-state index >= 15 is 0 Å². The highest BCUT2D eigenvalue weighted by atomic mass is 16.2. The van der Waals surface area contributed by atoms with Crippen molar-refractivity contribution in [1.82, 2.24) is 19.7 Å². The standard InChI is InChI=1S/C30H36N4O2/c1-30(29(36)31-24-12-6-7-13-24)21-33-26-14-8-5-11-23(26)19-27(33)28(35)34(30)25-15-17-32(18-16-25)20-22-9-3-2-4-10-22/h2-5,8-11,14,19,24-25H,6-7,12-13,15-18,20-21H2,1H3,(H,31,36)/t30-/m1/s1. The number of piperidine rings is 1. The minimum atomic E-state index is -0.916. The Hall–Kier alpha value is -3.12. The first-order valence-electron chi connectivity index (χ1n) is 13.5. The topological polar surface area (TPSA) is 57.6 Å². The Kier molecular flexibility index (Phi) is 6.08. The molecule has 1 atom stereocenters. The minimum Gasteiger partial charge on any atom is -0.351 e. The van der Waals surface area contributed by atoms with Gasteiger partial charge in [-0.05, 0) is 50.3 Å². The van der Waals surface area contributed by atoms with Crippen LogP contribution in [0.15, 0.2) is 60.7 Å². The Morgan fingerprint density at radius 2 is 1.67 bits per heavy atom. The van der Waals surface area contributed by atoms with Crippen molar-refractivity contribution in [3.8, 4) is 0 Å². The number of para-hydroxylation sites is 1. The van der Waals surface area contributed by atoms with Gasteiger partial charge in [0, 0.05) is 42.6 Å². The Balaban J connectivity index is 1.29. The summed E-state index contributed by atoms with van der Waals surface area (Å²) in [6, 6.07) is 21.0. The molecule has 1 aliphatic carbocycles. The zero-order valence-electron chi connectivity index (χ0n) is 21.2. The Bertz CT molecular complexity index is 1250. The molecule has 1 saturated carbocycles. The van der Waals surface area contributed by atoms with Crippen molar-refractivity contribution in [2.75, 3.05) is 13.1 Å². The second-order valence-electron chi connectivity index (χ2n) is 11.1. The zero-order chi connectivity index (χ0) is 24.7. The molecule has 1 aromatic heterocycles. The Morgan fingerprint density at radius 3 is 2.42 bits per heavy atom. The number of hydrogen-bond acceptors (Lipinski definition) is 3. The fourth-order valence-electron chi connectivity index (χ4n) is 6.63. The summed E-state index contributed by atoms with van der Waals surface area (Å²) in [4.78, 5) is 32.5. The van der Waals surface area contributed by atoms with Gasteiger partial charge in [0.25, 0.3) is 5.91 Å². The summed E-state index contributed by atoms with van der Waals surface area (Å²) >= 11 is 0. The molecule has 3 aromatic rings. The number of benzene rings is 2. The van der Waals surface area contributed by atoms with Crippen LogP contribution in [0.25, 0.3) is 10.9 Å². The third-order valence-electron chi connectivity index (χ3n) is 8.60. The Labute approximate surface area is 213 Å². The van der Waals surface area contributed by atoms with Crippen LogP contribution in [-0.4, -0.2) is 56.9 Å². The molecule has 1 N–H and O–H groups in total. The highest BCUT2D eigenvalue weighted by Gasteiger charge is 2.51. The SMILES string of the molecule is C[C@]1(C(=O)NC2CCCC2)Cn2c(cc3ccccc32)C(=O)N1C1CCN(Cc2ccccc2)CC1. The van der Waals surface area contributed by atoms with Crippen LogP contribution in [0.2, 0.25) is 0 Å². The molecular weight excluding hydrogens is 448 g/mol. The van der Waals surface area contributed by atoms with Gasteiger partial charge in [0.2, 0.25) is 5.91 Å².